The molecule has 21 heavy (non-hydrogen) atoms. The Balaban J connectivity index is 1.63. The van der Waals surface area contributed by atoms with Crippen molar-refractivity contribution in [3.8, 4) is 0 Å². The number of nitrogens with two attached hydrogens (primary N) is 1. The van der Waals surface area contributed by atoms with Crippen LogP contribution in [-0.4, -0.2) is 11.5 Å². The van der Waals surface area contributed by atoms with E-state index in [1.54, 1.807) is 4.88 Å². The maximum absolute atomic E-state index is 6.38. The highest BCUT2D eigenvalue weighted by molar-refractivity contribution is 7.15. The molecule has 2 N–H and O–H groups in total. The van der Waals surface area contributed by atoms with Gasteiger partial charge in [-0.25, -0.2) is 4.98 Å². The number of thiazole rings is 1. The topological polar surface area (TPSA) is 42.2 Å². The van der Waals surface area contributed by atoms with Crippen molar-refractivity contribution in [3.63, 3.8) is 0 Å². The minimum Gasteiger partial charge on any atom is -0.343 e. The van der Waals surface area contributed by atoms with Gasteiger partial charge in [0.1, 0.15) is 0 Å². The Hall–Kier alpha value is -0.910. The Morgan fingerprint density at radius 2 is 2.29 bits per heavy atom. The van der Waals surface area contributed by atoms with Crippen LogP contribution in [0, 0.1) is 5.41 Å². The fourth-order valence-electron chi connectivity index (χ4n) is 3.53. The third kappa shape index (κ3) is 2.41. The van der Waals surface area contributed by atoms with Crippen LogP contribution >= 0.6 is 22.7 Å². The Bertz CT molecular complexity index is 671. The van der Waals surface area contributed by atoms with Crippen LogP contribution in [0.4, 0.5) is 5.13 Å². The van der Waals surface area contributed by atoms with E-state index in [1.165, 1.54) is 21.3 Å². The summed E-state index contributed by atoms with van der Waals surface area (Å²) in [6.45, 7) is 6.68. The number of thiophene rings is 1. The molecule has 0 fully saturated rings. The van der Waals surface area contributed by atoms with Gasteiger partial charge in [0.25, 0.3) is 0 Å². The summed E-state index contributed by atoms with van der Waals surface area (Å²) in [5.74, 6) is 0. The zero-order valence-corrected chi connectivity index (χ0v) is 14.2. The highest BCUT2D eigenvalue weighted by Gasteiger charge is 2.34. The van der Waals surface area contributed by atoms with Gasteiger partial charge in [-0.2, -0.15) is 0 Å². The zero-order chi connectivity index (χ0) is 14.6. The van der Waals surface area contributed by atoms with Gasteiger partial charge in [-0.05, 0) is 41.7 Å². The van der Waals surface area contributed by atoms with Gasteiger partial charge in [-0.3, -0.25) is 0 Å². The van der Waals surface area contributed by atoms with Gasteiger partial charge in [0, 0.05) is 28.9 Å². The summed E-state index contributed by atoms with van der Waals surface area (Å²) in [7, 11) is 0. The van der Waals surface area contributed by atoms with Crippen LogP contribution in [0.1, 0.15) is 47.3 Å². The first kappa shape index (κ1) is 13.7. The molecule has 3 nitrogen and oxygen atoms in total. The fraction of sp³-hybridized carbons (Fsp3) is 0.562. The van der Waals surface area contributed by atoms with E-state index < -0.39 is 0 Å². The third-order valence-electron chi connectivity index (χ3n) is 4.55. The molecule has 1 aliphatic heterocycles. The molecule has 0 saturated heterocycles. The van der Waals surface area contributed by atoms with E-state index in [4.69, 9.17) is 10.7 Å². The molecule has 0 radical (unpaired) electrons. The lowest BCUT2D eigenvalue weighted by atomic mass is 9.77. The van der Waals surface area contributed by atoms with Crippen LogP contribution in [-0.2, 0) is 19.4 Å². The van der Waals surface area contributed by atoms with Gasteiger partial charge in [0.05, 0.1) is 5.69 Å². The van der Waals surface area contributed by atoms with Crippen LogP contribution < -0.4 is 10.6 Å². The first-order chi connectivity index (χ1) is 10.0. The highest BCUT2D eigenvalue weighted by atomic mass is 32.1. The quantitative estimate of drug-likeness (QED) is 0.870. The number of hydrogen-bond acceptors (Lipinski definition) is 5. The largest absolute Gasteiger partial charge is 0.343 e. The summed E-state index contributed by atoms with van der Waals surface area (Å²) in [6.07, 6.45) is 3.27. The van der Waals surface area contributed by atoms with Crippen molar-refractivity contribution in [1.29, 1.82) is 0 Å². The standard InChI is InChI=1S/C16H21N3S2/c1-16(2)7-11(17)14-12(8-16)18-15(21-14)19-5-3-13-10(9-19)4-6-20-13/h4,6,11H,3,5,7-9,17H2,1-2H3. The van der Waals surface area contributed by atoms with Crippen molar-refractivity contribution in [2.45, 2.75) is 45.7 Å². The highest BCUT2D eigenvalue weighted by Crippen LogP contribution is 2.44. The molecular formula is C16H21N3S2. The molecule has 0 aromatic carbocycles. The normalized spacial score (nSPS) is 23.8. The van der Waals surface area contributed by atoms with Crippen LogP contribution in [0.2, 0.25) is 0 Å². The summed E-state index contributed by atoms with van der Waals surface area (Å²) < 4.78 is 0. The molecule has 0 amide bonds. The van der Waals surface area contributed by atoms with Gasteiger partial charge in [0.15, 0.2) is 5.13 Å². The second-order valence-corrected chi connectivity index (χ2v) is 9.01. The van der Waals surface area contributed by atoms with Gasteiger partial charge in [-0.1, -0.05) is 25.2 Å². The summed E-state index contributed by atoms with van der Waals surface area (Å²) in [6, 6.07) is 2.42. The van der Waals surface area contributed by atoms with Crippen LogP contribution in [0.5, 0.6) is 0 Å². The van der Waals surface area contributed by atoms with Crippen LogP contribution in [0.15, 0.2) is 11.4 Å². The second kappa shape index (κ2) is 4.80. The predicted molar refractivity (Wildman–Crippen MR) is 90.2 cm³/mol. The van der Waals surface area contributed by atoms with E-state index in [0.717, 1.165) is 32.4 Å². The number of nitrogens with zero attached hydrogens (tertiary/aromatic N) is 2. The summed E-state index contributed by atoms with van der Waals surface area (Å²) >= 11 is 3.71. The van der Waals surface area contributed by atoms with E-state index in [0.29, 0.717) is 0 Å². The Morgan fingerprint density at radius 3 is 3.14 bits per heavy atom. The Morgan fingerprint density at radius 1 is 1.43 bits per heavy atom. The molecule has 5 heteroatoms. The molecule has 1 aliphatic carbocycles. The van der Waals surface area contributed by atoms with E-state index in [2.05, 4.69) is 30.2 Å². The van der Waals surface area contributed by atoms with E-state index in [-0.39, 0.29) is 11.5 Å². The minimum atomic E-state index is 0.163. The first-order valence-corrected chi connectivity index (χ1v) is 9.27. The maximum atomic E-state index is 6.38. The minimum absolute atomic E-state index is 0.163. The van der Waals surface area contributed by atoms with Crippen LogP contribution in [0.25, 0.3) is 0 Å². The number of anilines is 1. The zero-order valence-electron chi connectivity index (χ0n) is 12.6. The van der Waals surface area contributed by atoms with Crippen molar-refractivity contribution < 1.29 is 0 Å². The lowest BCUT2D eigenvalue weighted by Gasteiger charge is -2.32. The fourth-order valence-corrected chi connectivity index (χ4v) is 5.52. The molecule has 4 rings (SSSR count). The van der Waals surface area contributed by atoms with Gasteiger partial charge in [0.2, 0.25) is 0 Å². The number of aromatic nitrogens is 1. The molecule has 0 saturated carbocycles. The first-order valence-electron chi connectivity index (χ1n) is 7.57. The molecule has 1 atom stereocenters. The summed E-state index contributed by atoms with van der Waals surface area (Å²) in [5, 5.41) is 3.38. The van der Waals surface area contributed by atoms with E-state index in [9.17, 15) is 0 Å². The van der Waals surface area contributed by atoms with Gasteiger partial charge in [-0.15, -0.1) is 11.3 Å². The molecule has 3 heterocycles. The average molecular weight is 319 g/mol. The lowest BCUT2D eigenvalue weighted by Crippen LogP contribution is -2.29. The van der Waals surface area contributed by atoms with Crippen molar-refractivity contribution in [2.24, 2.45) is 11.1 Å². The Kier molecular flexibility index (Phi) is 3.14. The number of rotatable bonds is 1. The van der Waals surface area contributed by atoms with Crippen LogP contribution in [0.3, 0.4) is 0 Å². The molecule has 0 spiro atoms. The predicted octanol–water partition coefficient (Wildman–Crippen LogP) is 3.74. The molecule has 2 aromatic rings. The average Bonchev–Trinajstić information content (AvgIpc) is 3.01. The third-order valence-corrected chi connectivity index (χ3v) is 6.86. The van der Waals surface area contributed by atoms with Crippen molar-refractivity contribution >= 4 is 27.8 Å². The molecular weight excluding hydrogens is 298 g/mol. The van der Waals surface area contributed by atoms with Crippen molar-refractivity contribution in [3.05, 3.63) is 32.5 Å². The summed E-state index contributed by atoms with van der Waals surface area (Å²) in [5.41, 5.74) is 9.38. The monoisotopic (exact) mass is 319 g/mol. The molecule has 2 aliphatic rings. The SMILES string of the molecule is CC1(C)Cc2nc(N3CCc4sccc4C3)sc2C(N)C1. The number of hydrogen-bond donors (Lipinski definition) is 1. The molecule has 0 bridgehead atoms. The Labute approximate surface area is 133 Å². The lowest BCUT2D eigenvalue weighted by molar-refractivity contribution is 0.282. The van der Waals surface area contributed by atoms with Gasteiger partial charge >= 0.3 is 0 Å². The number of fused-ring (bicyclic) bond motifs is 2. The smallest absolute Gasteiger partial charge is 0.186 e. The van der Waals surface area contributed by atoms with Crippen molar-refractivity contribution in [2.75, 3.05) is 11.4 Å². The van der Waals surface area contributed by atoms with Crippen molar-refractivity contribution in [1.82, 2.24) is 4.98 Å². The molecule has 2 aromatic heterocycles. The van der Waals surface area contributed by atoms with Gasteiger partial charge < -0.3 is 10.6 Å². The van der Waals surface area contributed by atoms with E-state index in [1.807, 2.05) is 22.7 Å². The maximum Gasteiger partial charge on any atom is 0.186 e. The van der Waals surface area contributed by atoms with E-state index >= 15 is 0 Å². The molecule has 112 valence electrons. The summed E-state index contributed by atoms with van der Waals surface area (Å²) in [4.78, 5) is 10.2. The molecule has 1 unspecified atom stereocenters. The second-order valence-electron chi connectivity index (χ2n) is 7.00.